The van der Waals surface area contributed by atoms with Crippen LogP contribution in [-0.4, -0.2) is 16.0 Å². The molecule has 3 nitrogen and oxygen atoms in total. The van der Waals surface area contributed by atoms with Gasteiger partial charge in [-0.25, -0.2) is 4.39 Å². The highest BCUT2D eigenvalue weighted by Crippen LogP contribution is 2.14. The quantitative estimate of drug-likeness (QED) is 0.761. The number of H-pyrrole nitrogens is 1. The van der Waals surface area contributed by atoms with Crippen LogP contribution >= 0.6 is 0 Å². The van der Waals surface area contributed by atoms with Gasteiger partial charge in [-0.3, -0.25) is 9.89 Å². The van der Waals surface area contributed by atoms with Gasteiger partial charge in [0.05, 0.1) is 17.3 Å². The Balaban J connectivity index is 2.46. The van der Waals surface area contributed by atoms with Crippen molar-refractivity contribution in [3.05, 3.63) is 53.1 Å². The average Bonchev–Trinajstić information content (AvgIpc) is 2.74. The Bertz CT molecular complexity index is 491. The SMILES string of the molecule is Cc1ccc(F)c(C(=O)c2cn[nH]c2)c1. The molecule has 2 aromatic rings. The molecular weight excluding hydrogens is 195 g/mol. The lowest BCUT2D eigenvalue weighted by atomic mass is 10.0. The van der Waals surface area contributed by atoms with E-state index in [1.54, 1.807) is 6.07 Å². The summed E-state index contributed by atoms with van der Waals surface area (Å²) in [5, 5.41) is 6.17. The summed E-state index contributed by atoms with van der Waals surface area (Å²) < 4.78 is 13.4. The predicted octanol–water partition coefficient (Wildman–Crippen LogP) is 2.09. The molecule has 0 amide bonds. The number of rotatable bonds is 2. The van der Waals surface area contributed by atoms with Gasteiger partial charge in [0.25, 0.3) is 0 Å². The second-order valence-electron chi connectivity index (χ2n) is 3.30. The standard InChI is InChI=1S/C11H9FN2O/c1-7-2-3-10(12)9(4-7)11(15)8-5-13-14-6-8/h2-6H,1H3,(H,13,14). The largest absolute Gasteiger partial charge is 0.288 e. The third-order valence-electron chi connectivity index (χ3n) is 2.13. The van der Waals surface area contributed by atoms with Crippen molar-refractivity contribution < 1.29 is 9.18 Å². The first-order chi connectivity index (χ1) is 7.18. The molecule has 1 aromatic carbocycles. The van der Waals surface area contributed by atoms with Gasteiger partial charge in [0, 0.05) is 6.20 Å². The van der Waals surface area contributed by atoms with Gasteiger partial charge in [-0.1, -0.05) is 11.6 Å². The van der Waals surface area contributed by atoms with E-state index in [9.17, 15) is 9.18 Å². The number of carbonyl (C=O) groups is 1. The van der Waals surface area contributed by atoms with E-state index in [0.717, 1.165) is 5.56 Å². The van der Waals surface area contributed by atoms with Crippen LogP contribution in [0.2, 0.25) is 0 Å². The zero-order chi connectivity index (χ0) is 10.8. The lowest BCUT2D eigenvalue weighted by Gasteiger charge is -2.01. The first-order valence-electron chi connectivity index (χ1n) is 4.48. The molecular formula is C11H9FN2O. The molecule has 0 fully saturated rings. The van der Waals surface area contributed by atoms with Gasteiger partial charge in [0.15, 0.2) is 5.78 Å². The van der Waals surface area contributed by atoms with Crippen molar-refractivity contribution in [3.63, 3.8) is 0 Å². The molecule has 2 rings (SSSR count). The Labute approximate surface area is 85.9 Å². The number of halogens is 1. The number of carbonyl (C=O) groups excluding carboxylic acids is 1. The minimum Gasteiger partial charge on any atom is -0.288 e. The Kier molecular flexibility index (Phi) is 2.33. The number of nitrogens with one attached hydrogen (secondary N) is 1. The van der Waals surface area contributed by atoms with Crippen LogP contribution < -0.4 is 0 Å². The van der Waals surface area contributed by atoms with Crippen molar-refractivity contribution in [1.82, 2.24) is 10.2 Å². The van der Waals surface area contributed by atoms with E-state index >= 15 is 0 Å². The van der Waals surface area contributed by atoms with Gasteiger partial charge in [-0.2, -0.15) is 5.10 Å². The van der Waals surface area contributed by atoms with Crippen LogP contribution in [0, 0.1) is 12.7 Å². The van der Waals surface area contributed by atoms with Gasteiger partial charge in [0.1, 0.15) is 5.82 Å². The van der Waals surface area contributed by atoms with Crippen molar-refractivity contribution in [2.45, 2.75) is 6.92 Å². The lowest BCUT2D eigenvalue weighted by molar-refractivity contribution is 0.103. The van der Waals surface area contributed by atoms with Crippen LogP contribution in [-0.2, 0) is 0 Å². The predicted molar refractivity (Wildman–Crippen MR) is 53.2 cm³/mol. The zero-order valence-electron chi connectivity index (χ0n) is 8.12. The van der Waals surface area contributed by atoms with Crippen molar-refractivity contribution in [2.75, 3.05) is 0 Å². The highest BCUT2D eigenvalue weighted by atomic mass is 19.1. The summed E-state index contributed by atoms with van der Waals surface area (Å²) in [5.74, 6) is -0.864. The molecule has 0 aliphatic carbocycles. The average molecular weight is 204 g/mol. The van der Waals surface area contributed by atoms with Crippen molar-refractivity contribution in [2.24, 2.45) is 0 Å². The lowest BCUT2D eigenvalue weighted by Crippen LogP contribution is -2.03. The van der Waals surface area contributed by atoms with E-state index in [2.05, 4.69) is 10.2 Å². The van der Waals surface area contributed by atoms with Crippen molar-refractivity contribution in [1.29, 1.82) is 0 Å². The summed E-state index contributed by atoms with van der Waals surface area (Å²) in [4.78, 5) is 11.8. The summed E-state index contributed by atoms with van der Waals surface area (Å²) in [6.45, 7) is 1.81. The Hall–Kier alpha value is -1.97. The minimum absolute atomic E-state index is 0.0800. The highest BCUT2D eigenvalue weighted by Gasteiger charge is 2.14. The Morgan fingerprint density at radius 2 is 2.27 bits per heavy atom. The fraction of sp³-hybridized carbons (Fsp3) is 0.0909. The minimum atomic E-state index is -0.508. The molecule has 1 heterocycles. The number of aromatic nitrogens is 2. The normalized spacial score (nSPS) is 10.3. The Morgan fingerprint density at radius 3 is 2.93 bits per heavy atom. The topological polar surface area (TPSA) is 45.8 Å². The van der Waals surface area contributed by atoms with Crippen LogP contribution in [0.4, 0.5) is 4.39 Å². The summed E-state index contributed by atoms with van der Waals surface area (Å²) >= 11 is 0. The molecule has 0 saturated carbocycles. The van der Waals surface area contributed by atoms with Crippen LogP contribution in [0.25, 0.3) is 0 Å². The van der Waals surface area contributed by atoms with Crippen molar-refractivity contribution >= 4 is 5.78 Å². The molecule has 0 atom stereocenters. The van der Waals surface area contributed by atoms with Crippen LogP contribution in [0.1, 0.15) is 21.5 Å². The van der Waals surface area contributed by atoms with Gasteiger partial charge < -0.3 is 0 Å². The van der Waals surface area contributed by atoms with E-state index in [1.165, 1.54) is 24.5 Å². The monoisotopic (exact) mass is 204 g/mol. The van der Waals surface area contributed by atoms with Crippen molar-refractivity contribution in [3.8, 4) is 0 Å². The molecule has 0 bridgehead atoms. The molecule has 4 heteroatoms. The van der Waals surface area contributed by atoms with E-state index in [0.29, 0.717) is 5.56 Å². The number of hydrogen-bond acceptors (Lipinski definition) is 2. The summed E-state index contributed by atoms with van der Waals surface area (Å²) in [7, 11) is 0. The number of aryl methyl sites for hydroxylation is 1. The maximum Gasteiger partial charge on any atom is 0.199 e. The first kappa shape index (κ1) is 9.58. The third kappa shape index (κ3) is 1.79. The second kappa shape index (κ2) is 3.65. The van der Waals surface area contributed by atoms with Gasteiger partial charge >= 0.3 is 0 Å². The summed E-state index contributed by atoms with van der Waals surface area (Å²) in [5.41, 5.74) is 1.29. The van der Waals surface area contributed by atoms with Crippen LogP contribution in [0.5, 0.6) is 0 Å². The smallest absolute Gasteiger partial charge is 0.199 e. The zero-order valence-corrected chi connectivity index (χ0v) is 8.12. The van der Waals surface area contributed by atoms with Crippen LogP contribution in [0.15, 0.2) is 30.6 Å². The fourth-order valence-corrected chi connectivity index (χ4v) is 1.34. The molecule has 0 radical (unpaired) electrons. The molecule has 15 heavy (non-hydrogen) atoms. The second-order valence-corrected chi connectivity index (χ2v) is 3.30. The van der Waals surface area contributed by atoms with E-state index in [1.807, 2.05) is 6.92 Å². The molecule has 0 aliphatic rings. The highest BCUT2D eigenvalue weighted by molar-refractivity contribution is 6.08. The summed E-state index contributed by atoms with van der Waals surface area (Å²) in [6.07, 6.45) is 2.83. The molecule has 0 saturated heterocycles. The fourth-order valence-electron chi connectivity index (χ4n) is 1.34. The van der Waals surface area contributed by atoms with Gasteiger partial charge in [-0.05, 0) is 19.1 Å². The number of nitrogens with zero attached hydrogens (tertiary/aromatic N) is 1. The number of aromatic amines is 1. The Morgan fingerprint density at radius 1 is 1.47 bits per heavy atom. The molecule has 0 spiro atoms. The first-order valence-corrected chi connectivity index (χ1v) is 4.48. The van der Waals surface area contributed by atoms with Gasteiger partial charge in [0.2, 0.25) is 0 Å². The third-order valence-corrected chi connectivity index (χ3v) is 2.13. The van der Waals surface area contributed by atoms with E-state index < -0.39 is 5.82 Å². The van der Waals surface area contributed by atoms with E-state index in [4.69, 9.17) is 0 Å². The number of benzene rings is 1. The maximum atomic E-state index is 13.4. The number of hydrogen-bond donors (Lipinski definition) is 1. The number of ketones is 1. The summed E-state index contributed by atoms with van der Waals surface area (Å²) in [6, 6.07) is 4.45. The molecule has 0 unspecified atom stereocenters. The molecule has 76 valence electrons. The van der Waals surface area contributed by atoms with Gasteiger partial charge in [-0.15, -0.1) is 0 Å². The van der Waals surface area contributed by atoms with E-state index in [-0.39, 0.29) is 11.3 Å². The van der Waals surface area contributed by atoms with Crippen LogP contribution in [0.3, 0.4) is 0 Å². The molecule has 0 aliphatic heterocycles. The molecule has 1 N–H and O–H groups in total. The molecule has 1 aromatic heterocycles. The maximum absolute atomic E-state index is 13.4.